The Balaban J connectivity index is 1.45. The summed E-state index contributed by atoms with van der Waals surface area (Å²) in [4.78, 5) is 35.5. The lowest BCUT2D eigenvalue weighted by Gasteiger charge is -2.32. The predicted octanol–water partition coefficient (Wildman–Crippen LogP) is 2.21. The highest BCUT2D eigenvalue weighted by atomic mass is 16.2. The number of hydrogen-bond acceptors (Lipinski definition) is 3. The molecule has 0 radical (unpaired) electrons. The van der Waals surface area contributed by atoms with Crippen LogP contribution in [0.15, 0.2) is 24.3 Å². The number of aryl methyl sites for hydroxylation is 1. The van der Waals surface area contributed by atoms with Crippen molar-refractivity contribution in [2.45, 2.75) is 32.6 Å². The second kappa shape index (κ2) is 7.68. The summed E-state index contributed by atoms with van der Waals surface area (Å²) >= 11 is 0. The van der Waals surface area contributed by atoms with Gasteiger partial charge in [-0.05, 0) is 31.4 Å². The van der Waals surface area contributed by atoms with Crippen LogP contribution in [0.5, 0.6) is 0 Å². The van der Waals surface area contributed by atoms with Crippen LogP contribution in [0.3, 0.4) is 0 Å². The molecular weight excluding hydrogens is 316 g/mol. The van der Waals surface area contributed by atoms with E-state index in [0.717, 1.165) is 49.1 Å². The van der Waals surface area contributed by atoms with Crippen molar-refractivity contribution in [2.24, 2.45) is 5.92 Å². The van der Waals surface area contributed by atoms with Gasteiger partial charge in [0.1, 0.15) is 5.82 Å². The number of para-hydroxylation sites is 2. The van der Waals surface area contributed by atoms with E-state index in [2.05, 4.69) is 9.97 Å². The molecule has 1 aliphatic rings. The number of H-pyrrole nitrogens is 1. The monoisotopic (exact) mass is 342 g/mol. The minimum Gasteiger partial charge on any atom is -0.346 e. The molecule has 2 amide bonds. The van der Waals surface area contributed by atoms with Crippen LogP contribution < -0.4 is 0 Å². The number of imidazole rings is 1. The summed E-state index contributed by atoms with van der Waals surface area (Å²) in [5.41, 5.74) is 2.04. The van der Waals surface area contributed by atoms with Gasteiger partial charge in [-0.2, -0.15) is 0 Å². The third kappa shape index (κ3) is 4.18. The Morgan fingerprint density at radius 1 is 1.28 bits per heavy atom. The zero-order valence-electron chi connectivity index (χ0n) is 15.0. The second-order valence-electron chi connectivity index (χ2n) is 6.84. The summed E-state index contributed by atoms with van der Waals surface area (Å²) < 4.78 is 0. The summed E-state index contributed by atoms with van der Waals surface area (Å²) in [5.74, 6) is 1.32. The largest absolute Gasteiger partial charge is 0.346 e. The summed E-state index contributed by atoms with van der Waals surface area (Å²) in [5, 5.41) is 0. The topological polar surface area (TPSA) is 69.3 Å². The van der Waals surface area contributed by atoms with Crippen LogP contribution in [-0.4, -0.2) is 58.3 Å². The average molecular weight is 342 g/mol. The van der Waals surface area contributed by atoms with Gasteiger partial charge in [-0.1, -0.05) is 12.1 Å². The minimum atomic E-state index is 0.0480. The standard InChI is InChI=1S/C19H26N4O2/c1-14(24)23-12-9-15(10-13-23)19(25)22(2)11-5-8-18-20-16-6-3-4-7-17(16)21-18/h3-4,6-7,15H,5,8-13H2,1-2H3,(H,20,21). The maximum atomic E-state index is 12.6. The average Bonchev–Trinajstić information content (AvgIpc) is 3.03. The van der Waals surface area contributed by atoms with E-state index in [1.165, 1.54) is 0 Å². The van der Waals surface area contributed by atoms with E-state index in [1.54, 1.807) is 6.92 Å². The zero-order chi connectivity index (χ0) is 17.8. The normalized spacial score (nSPS) is 15.5. The SMILES string of the molecule is CC(=O)N1CCC(C(=O)N(C)CCCc2nc3ccccc3[nH]2)CC1. The fourth-order valence-corrected chi connectivity index (χ4v) is 3.47. The van der Waals surface area contributed by atoms with Crippen LogP contribution in [0, 0.1) is 5.92 Å². The molecule has 0 spiro atoms. The molecule has 0 atom stereocenters. The molecule has 2 heterocycles. The van der Waals surface area contributed by atoms with E-state index >= 15 is 0 Å². The fraction of sp³-hybridized carbons (Fsp3) is 0.526. The lowest BCUT2D eigenvalue weighted by atomic mass is 9.95. The molecule has 1 aromatic carbocycles. The van der Waals surface area contributed by atoms with Gasteiger partial charge in [0.25, 0.3) is 0 Å². The van der Waals surface area contributed by atoms with Crippen molar-refractivity contribution >= 4 is 22.8 Å². The Morgan fingerprint density at radius 2 is 2.00 bits per heavy atom. The van der Waals surface area contributed by atoms with E-state index in [9.17, 15) is 9.59 Å². The first kappa shape index (κ1) is 17.5. The number of nitrogens with one attached hydrogen (secondary N) is 1. The van der Waals surface area contributed by atoms with E-state index in [4.69, 9.17) is 0 Å². The van der Waals surface area contributed by atoms with Crippen LogP contribution in [0.2, 0.25) is 0 Å². The highest BCUT2D eigenvalue weighted by Crippen LogP contribution is 2.19. The predicted molar refractivity (Wildman–Crippen MR) is 97.0 cm³/mol. The first-order valence-electron chi connectivity index (χ1n) is 8.98. The molecule has 0 aliphatic carbocycles. The van der Waals surface area contributed by atoms with Gasteiger partial charge in [0, 0.05) is 45.9 Å². The number of carbonyl (C=O) groups excluding carboxylic acids is 2. The third-order valence-corrected chi connectivity index (χ3v) is 5.01. The van der Waals surface area contributed by atoms with Crippen molar-refractivity contribution in [3.63, 3.8) is 0 Å². The van der Waals surface area contributed by atoms with Crippen molar-refractivity contribution in [1.82, 2.24) is 19.8 Å². The Kier molecular flexibility index (Phi) is 5.36. The molecule has 2 aromatic rings. The van der Waals surface area contributed by atoms with Crippen molar-refractivity contribution in [3.05, 3.63) is 30.1 Å². The number of aromatic amines is 1. The second-order valence-corrected chi connectivity index (χ2v) is 6.84. The Hall–Kier alpha value is -2.37. The van der Waals surface area contributed by atoms with Crippen LogP contribution in [0.4, 0.5) is 0 Å². The van der Waals surface area contributed by atoms with Gasteiger partial charge in [0.2, 0.25) is 11.8 Å². The van der Waals surface area contributed by atoms with Crippen molar-refractivity contribution in [3.8, 4) is 0 Å². The van der Waals surface area contributed by atoms with Gasteiger partial charge in [-0.25, -0.2) is 4.98 Å². The summed E-state index contributed by atoms with van der Waals surface area (Å²) in [6.45, 7) is 3.70. The number of fused-ring (bicyclic) bond motifs is 1. The maximum Gasteiger partial charge on any atom is 0.225 e. The van der Waals surface area contributed by atoms with Gasteiger partial charge in [0.05, 0.1) is 11.0 Å². The fourth-order valence-electron chi connectivity index (χ4n) is 3.47. The van der Waals surface area contributed by atoms with Crippen LogP contribution >= 0.6 is 0 Å². The first-order chi connectivity index (χ1) is 12.0. The van der Waals surface area contributed by atoms with Crippen LogP contribution in [0.25, 0.3) is 11.0 Å². The Bertz CT molecular complexity index is 714. The minimum absolute atomic E-state index is 0.0480. The molecule has 134 valence electrons. The van der Waals surface area contributed by atoms with Gasteiger partial charge in [0.15, 0.2) is 0 Å². The smallest absolute Gasteiger partial charge is 0.225 e. The Morgan fingerprint density at radius 3 is 2.68 bits per heavy atom. The lowest BCUT2D eigenvalue weighted by Crippen LogP contribution is -2.43. The highest BCUT2D eigenvalue weighted by molar-refractivity contribution is 5.79. The number of piperidine rings is 1. The van der Waals surface area contributed by atoms with Gasteiger partial charge >= 0.3 is 0 Å². The first-order valence-corrected chi connectivity index (χ1v) is 8.98. The maximum absolute atomic E-state index is 12.6. The van der Waals surface area contributed by atoms with E-state index in [0.29, 0.717) is 13.1 Å². The molecule has 1 aromatic heterocycles. The van der Waals surface area contributed by atoms with Gasteiger partial charge in [-0.3, -0.25) is 9.59 Å². The van der Waals surface area contributed by atoms with Crippen molar-refractivity contribution < 1.29 is 9.59 Å². The molecule has 6 heteroatoms. The number of likely N-dealkylation sites (tertiary alicyclic amines) is 1. The molecule has 1 saturated heterocycles. The number of hydrogen-bond donors (Lipinski definition) is 1. The number of rotatable bonds is 5. The van der Waals surface area contributed by atoms with Crippen LogP contribution in [-0.2, 0) is 16.0 Å². The van der Waals surface area contributed by atoms with E-state index in [1.807, 2.05) is 41.1 Å². The molecule has 25 heavy (non-hydrogen) atoms. The third-order valence-electron chi connectivity index (χ3n) is 5.01. The van der Waals surface area contributed by atoms with E-state index in [-0.39, 0.29) is 17.7 Å². The molecule has 0 bridgehead atoms. The number of aromatic nitrogens is 2. The molecule has 3 rings (SSSR count). The van der Waals surface area contributed by atoms with E-state index < -0.39 is 0 Å². The molecule has 0 unspecified atom stereocenters. The lowest BCUT2D eigenvalue weighted by molar-refractivity contribution is -0.139. The van der Waals surface area contributed by atoms with Gasteiger partial charge in [-0.15, -0.1) is 0 Å². The zero-order valence-corrected chi connectivity index (χ0v) is 15.0. The molecule has 1 N–H and O–H groups in total. The number of nitrogens with zero attached hydrogens (tertiary/aromatic N) is 3. The summed E-state index contributed by atoms with van der Waals surface area (Å²) in [7, 11) is 1.87. The number of amides is 2. The summed E-state index contributed by atoms with van der Waals surface area (Å²) in [6, 6.07) is 8.00. The molecule has 6 nitrogen and oxygen atoms in total. The summed E-state index contributed by atoms with van der Waals surface area (Å²) in [6.07, 6.45) is 3.25. The molecular formula is C19H26N4O2. The number of benzene rings is 1. The van der Waals surface area contributed by atoms with Crippen LogP contribution in [0.1, 0.15) is 32.0 Å². The Labute approximate surface area is 148 Å². The number of carbonyl (C=O) groups is 2. The van der Waals surface area contributed by atoms with Crippen molar-refractivity contribution in [1.29, 1.82) is 0 Å². The van der Waals surface area contributed by atoms with Crippen molar-refractivity contribution in [2.75, 3.05) is 26.7 Å². The molecule has 1 aliphatic heterocycles. The quantitative estimate of drug-likeness (QED) is 0.906. The molecule has 0 saturated carbocycles. The van der Waals surface area contributed by atoms with Gasteiger partial charge < -0.3 is 14.8 Å². The highest BCUT2D eigenvalue weighted by Gasteiger charge is 2.27. The molecule has 1 fully saturated rings.